The topological polar surface area (TPSA) is 46.1 Å². The van der Waals surface area contributed by atoms with Crippen molar-refractivity contribution in [3.63, 3.8) is 0 Å². The Balaban J connectivity index is 1.44. The van der Waals surface area contributed by atoms with Gasteiger partial charge in [0.05, 0.1) is 29.1 Å². The van der Waals surface area contributed by atoms with Gasteiger partial charge in [-0.15, -0.1) is 11.3 Å². The Bertz CT molecular complexity index is 567. The third-order valence-electron chi connectivity index (χ3n) is 4.88. The van der Waals surface area contributed by atoms with Crippen LogP contribution in [0.3, 0.4) is 0 Å². The van der Waals surface area contributed by atoms with E-state index in [9.17, 15) is 0 Å². The van der Waals surface area contributed by atoms with E-state index >= 15 is 0 Å². The summed E-state index contributed by atoms with van der Waals surface area (Å²) in [5.41, 5.74) is 0. The molecule has 2 aliphatic rings. The number of nitrogens with zero attached hydrogens (tertiary/aromatic N) is 2. The molecule has 146 valence electrons. The van der Waals surface area contributed by atoms with Crippen LogP contribution in [0.25, 0.3) is 0 Å². The Morgan fingerprint density at radius 1 is 1.35 bits per heavy atom. The second-order valence-corrected chi connectivity index (χ2v) is 9.43. The maximum absolute atomic E-state index is 6.13. The van der Waals surface area contributed by atoms with Crippen molar-refractivity contribution in [3.8, 4) is 0 Å². The molecule has 7 heteroatoms. The second kappa shape index (κ2) is 10.6. The van der Waals surface area contributed by atoms with E-state index in [0.717, 1.165) is 68.4 Å². The van der Waals surface area contributed by atoms with Crippen molar-refractivity contribution >= 4 is 33.2 Å². The maximum atomic E-state index is 6.13. The largest absolute Gasteiger partial charge is 0.376 e. The van der Waals surface area contributed by atoms with E-state index in [-0.39, 0.29) is 0 Å². The van der Waals surface area contributed by atoms with Gasteiger partial charge in [-0.3, -0.25) is 0 Å². The van der Waals surface area contributed by atoms with E-state index in [4.69, 9.17) is 14.5 Å². The van der Waals surface area contributed by atoms with Crippen LogP contribution in [0.4, 0.5) is 0 Å². The number of thiophene rings is 1. The van der Waals surface area contributed by atoms with Gasteiger partial charge in [0.1, 0.15) is 0 Å². The minimum absolute atomic E-state index is 0.311. The molecule has 1 unspecified atom stereocenters. The van der Waals surface area contributed by atoms with E-state index in [1.807, 2.05) is 0 Å². The maximum Gasteiger partial charge on any atom is 0.194 e. The summed E-state index contributed by atoms with van der Waals surface area (Å²) in [4.78, 5) is 8.47. The summed E-state index contributed by atoms with van der Waals surface area (Å²) < 4.78 is 13.1. The molecule has 2 fully saturated rings. The van der Waals surface area contributed by atoms with E-state index in [2.05, 4.69) is 45.2 Å². The van der Waals surface area contributed by atoms with E-state index in [0.29, 0.717) is 12.2 Å². The molecule has 0 radical (unpaired) electrons. The Kier molecular flexibility index (Phi) is 8.23. The van der Waals surface area contributed by atoms with Gasteiger partial charge in [0.25, 0.3) is 0 Å². The first kappa shape index (κ1) is 20.1. The average molecular weight is 444 g/mol. The predicted octanol–water partition coefficient (Wildman–Crippen LogP) is 4.03. The lowest BCUT2D eigenvalue weighted by Crippen LogP contribution is -2.47. The number of piperidine rings is 1. The zero-order valence-corrected chi connectivity index (χ0v) is 18.0. The lowest BCUT2D eigenvalue weighted by atomic mass is 10.1. The number of hydrogen-bond donors (Lipinski definition) is 1. The lowest BCUT2D eigenvalue weighted by Gasteiger charge is -2.35. The molecule has 0 aliphatic carbocycles. The molecule has 5 nitrogen and oxygen atoms in total. The summed E-state index contributed by atoms with van der Waals surface area (Å²) in [6, 6.07) is 4.22. The number of aliphatic imine (C=N–C) groups is 1. The van der Waals surface area contributed by atoms with E-state index < -0.39 is 0 Å². The fourth-order valence-electron chi connectivity index (χ4n) is 3.43. The highest BCUT2D eigenvalue weighted by Gasteiger charge is 2.23. The highest BCUT2D eigenvalue weighted by Crippen LogP contribution is 2.23. The fourth-order valence-corrected chi connectivity index (χ4v) is 4.84. The molecule has 0 amide bonds. The highest BCUT2D eigenvalue weighted by atomic mass is 79.9. The number of likely N-dealkylation sites (tertiary alicyclic amines) is 1. The number of rotatable bonds is 6. The van der Waals surface area contributed by atoms with Crippen molar-refractivity contribution in [2.24, 2.45) is 4.99 Å². The summed E-state index contributed by atoms with van der Waals surface area (Å²) in [7, 11) is 0. The molecule has 3 heterocycles. The van der Waals surface area contributed by atoms with Crippen LogP contribution in [-0.2, 0) is 16.0 Å². The summed E-state index contributed by atoms with van der Waals surface area (Å²) in [5, 5.41) is 3.44. The van der Waals surface area contributed by atoms with Gasteiger partial charge >= 0.3 is 0 Å². The van der Waals surface area contributed by atoms with Gasteiger partial charge in [0.15, 0.2) is 5.96 Å². The first-order valence-electron chi connectivity index (χ1n) is 9.75. The first-order chi connectivity index (χ1) is 12.7. The molecule has 1 aromatic rings. The first-order valence-corrected chi connectivity index (χ1v) is 11.4. The van der Waals surface area contributed by atoms with Gasteiger partial charge in [0.2, 0.25) is 0 Å². The third kappa shape index (κ3) is 6.22. The van der Waals surface area contributed by atoms with Crippen molar-refractivity contribution < 1.29 is 9.47 Å². The van der Waals surface area contributed by atoms with E-state index in [1.54, 1.807) is 11.3 Å². The van der Waals surface area contributed by atoms with Gasteiger partial charge in [0, 0.05) is 31.1 Å². The Labute approximate surface area is 169 Å². The molecule has 2 aliphatic heterocycles. The standard InChI is InChI=1S/C19H30BrN3O2S/c1-2-21-19(22-13-17-6-7-18(20)26-17)23-10-8-15(9-11-23)25-14-16-5-3-4-12-24-16/h6-7,15-16H,2-5,8-14H2,1H3,(H,21,22). The quantitative estimate of drug-likeness (QED) is 0.532. The number of guanidine groups is 1. The van der Waals surface area contributed by atoms with Gasteiger partial charge in [-0.1, -0.05) is 0 Å². The Morgan fingerprint density at radius 2 is 2.19 bits per heavy atom. The van der Waals surface area contributed by atoms with Gasteiger partial charge in [-0.25, -0.2) is 4.99 Å². The fraction of sp³-hybridized carbons (Fsp3) is 0.737. The molecule has 3 rings (SSSR count). The number of halogens is 1. The normalized spacial score (nSPS) is 22.6. The van der Waals surface area contributed by atoms with Crippen LogP contribution in [0.5, 0.6) is 0 Å². The van der Waals surface area contributed by atoms with Crippen LogP contribution in [0.2, 0.25) is 0 Å². The smallest absolute Gasteiger partial charge is 0.194 e. The van der Waals surface area contributed by atoms with Crippen LogP contribution < -0.4 is 5.32 Å². The monoisotopic (exact) mass is 443 g/mol. The lowest BCUT2D eigenvalue weighted by molar-refractivity contribution is -0.0721. The van der Waals surface area contributed by atoms with Crippen LogP contribution in [-0.4, -0.2) is 55.9 Å². The number of hydrogen-bond acceptors (Lipinski definition) is 4. The highest BCUT2D eigenvalue weighted by molar-refractivity contribution is 9.11. The Hall–Kier alpha value is -0.630. The van der Waals surface area contributed by atoms with Gasteiger partial charge < -0.3 is 19.7 Å². The van der Waals surface area contributed by atoms with Gasteiger partial charge in [-0.2, -0.15) is 0 Å². The second-order valence-electron chi connectivity index (χ2n) is 6.88. The number of nitrogens with one attached hydrogen (secondary N) is 1. The van der Waals surface area contributed by atoms with E-state index in [1.165, 1.54) is 17.7 Å². The molecule has 0 aromatic carbocycles. The summed E-state index contributed by atoms with van der Waals surface area (Å²) in [6.07, 6.45) is 6.40. The molecule has 1 atom stereocenters. The number of ether oxygens (including phenoxy) is 2. The zero-order valence-electron chi connectivity index (χ0n) is 15.6. The molecule has 0 bridgehead atoms. The molecule has 26 heavy (non-hydrogen) atoms. The zero-order chi connectivity index (χ0) is 18.2. The van der Waals surface area contributed by atoms with Gasteiger partial charge in [-0.05, 0) is 67.1 Å². The van der Waals surface area contributed by atoms with Crippen LogP contribution in [0.1, 0.15) is 43.9 Å². The van der Waals surface area contributed by atoms with Crippen LogP contribution in [0.15, 0.2) is 20.9 Å². The summed E-state index contributed by atoms with van der Waals surface area (Å²) in [5.74, 6) is 1.02. The van der Waals surface area contributed by atoms with Crippen molar-refractivity contribution in [2.45, 2.75) is 57.8 Å². The molecular weight excluding hydrogens is 414 g/mol. The SMILES string of the molecule is CCNC(=NCc1ccc(Br)s1)N1CCC(OCC2CCCCO2)CC1. The molecule has 1 aromatic heterocycles. The molecular formula is C19H30BrN3O2S. The average Bonchev–Trinajstić information content (AvgIpc) is 3.10. The van der Waals surface area contributed by atoms with Crippen molar-refractivity contribution in [1.29, 1.82) is 0 Å². The molecule has 1 N–H and O–H groups in total. The third-order valence-corrected chi connectivity index (χ3v) is 6.49. The molecule has 2 saturated heterocycles. The minimum Gasteiger partial charge on any atom is -0.376 e. The minimum atomic E-state index is 0.311. The molecule has 0 saturated carbocycles. The van der Waals surface area contributed by atoms with Crippen LogP contribution in [0, 0.1) is 0 Å². The van der Waals surface area contributed by atoms with Crippen molar-refractivity contribution in [1.82, 2.24) is 10.2 Å². The van der Waals surface area contributed by atoms with Crippen molar-refractivity contribution in [3.05, 3.63) is 20.8 Å². The summed E-state index contributed by atoms with van der Waals surface area (Å²) >= 11 is 5.26. The molecule has 0 spiro atoms. The predicted molar refractivity (Wildman–Crippen MR) is 111 cm³/mol. The summed E-state index contributed by atoms with van der Waals surface area (Å²) in [6.45, 7) is 7.39. The Morgan fingerprint density at radius 3 is 2.85 bits per heavy atom. The van der Waals surface area contributed by atoms with Crippen LogP contribution >= 0.6 is 27.3 Å². The van der Waals surface area contributed by atoms with Crippen molar-refractivity contribution in [2.75, 3.05) is 32.8 Å².